The van der Waals surface area contributed by atoms with Gasteiger partial charge in [-0.1, -0.05) is 42.3 Å². The fraction of sp³-hybridized carbons (Fsp3) is 0.333. The lowest BCUT2D eigenvalue weighted by Gasteiger charge is -2.20. The second kappa shape index (κ2) is 5.91. The second-order valence-corrected chi connectivity index (χ2v) is 5.32. The van der Waals surface area contributed by atoms with Gasteiger partial charge < -0.3 is 4.90 Å². The van der Waals surface area contributed by atoms with Gasteiger partial charge in [0.05, 0.1) is 13.1 Å². The number of quaternary nitrogens is 1. The third kappa shape index (κ3) is 2.97. The molecule has 0 spiro atoms. The van der Waals surface area contributed by atoms with Gasteiger partial charge in [-0.05, 0) is 42.0 Å². The highest BCUT2D eigenvalue weighted by molar-refractivity contribution is 5.88. The van der Waals surface area contributed by atoms with Crippen LogP contribution in [-0.4, -0.2) is 19.6 Å². The van der Waals surface area contributed by atoms with E-state index < -0.39 is 0 Å². The summed E-state index contributed by atoms with van der Waals surface area (Å²) in [5.74, 6) is 6.74. The third-order valence-corrected chi connectivity index (χ3v) is 3.91. The molecule has 0 atom stereocenters. The average Bonchev–Trinajstić information content (AvgIpc) is 2.49. The van der Waals surface area contributed by atoms with E-state index in [9.17, 15) is 0 Å². The Morgan fingerprint density at radius 3 is 2.58 bits per heavy atom. The van der Waals surface area contributed by atoms with Crippen LogP contribution in [0.4, 0.5) is 0 Å². The molecular weight excluding hydrogens is 230 g/mol. The quantitative estimate of drug-likeness (QED) is 0.741. The van der Waals surface area contributed by atoms with Crippen molar-refractivity contribution in [2.75, 3.05) is 19.6 Å². The molecule has 0 amide bonds. The van der Waals surface area contributed by atoms with E-state index in [1.807, 2.05) is 0 Å². The van der Waals surface area contributed by atoms with Crippen molar-refractivity contribution in [2.24, 2.45) is 0 Å². The molecular formula is C18H20N+. The zero-order valence-corrected chi connectivity index (χ0v) is 11.3. The van der Waals surface area contributed by atoms with Gasteiger partial charge >= 0.3 is 0 Å². The maximum atomic E-state index is 3.38. The molecule has 1 aliphatic rings. The van der Waals surface area contributed by atoms with E-state index in [2.05, 4.69) is 54.3 Å². The van der Waals surface area contributed by atoms with Crippen molar-refractivity contribution in [3.63, 3.8) is 0 Å². The maximum absolute atomic E-state index is 3.38. The molecule has 0 saturated carbocycles. The highest BCUT2D eigenvalue weighted by atomic mass is 15.1. The van der Waals surface area contributed by atoms with E-state index in [4.69, 9.17) is 0 Å². The summed E-state index contributed by atoms with van der Waals surface area (Å²) < 4.78 is 0. The Morgan fingerprint density at radius 2 is 1.68 bits per heavy atom. The molecule has 1 nitrogen and oxygen atoms in total. The number of nitrogens with one attached hydrogen (secondary N) is 1. The van der Waals surface area contributed by atoms with Crippen LogP contribution in [0.5, 0.6) is 0 Å². The van der Waals surface area contributed by atoms with Crippen molar-refractivity contribution in [3.8, 4) is 11.8 Å². The van der Waals surface area contributed by atoms with Gasteiger partial charge in [0.15, 0.2) is 0 Å². The van der Waals surface area contributed by atoms with Crippen LogP contribution in [0.1, 0.15) is 24.8 Å². The Kier molecular flexibility index (Phi) is 3.81. The first kappa shape index (κ1) is 12.3. The molecule has 2 aromatic carbocycles. The minimum Gasteiger partial charge on any atom is -0.325 e. The third-order valence-electron chi connectivity index (χ3n) is 3.91. The maximum Gasteiger partial charge on any atom is 0.139 e. The zero-order valence-electron chi connectivity index (χ0n) is 11.3. The summed E-state index contributed by atoms with van der Waals surface area (Å²) in [7, 11) is 0. The molecule has 0 unspecified atom stereocenters. The molecule has 2 aromatic rings. The van der Waals surface area contributed by atoms with Crippen LogP contribution in [0, 0.1) is 11.8 Å². The van der Waals surface area contributed by atoms with Crippen LogP contribution in [0.2, 0.25) is 0 Å². The fourth-order valence-electron chi connectivity index (χ4n) is 2.83. The van der Waals surface area contributed by atoms with Gasteiger partial charge in [0.2, 0.25) is 0 Å². The largest absolute Gasteiger partial charge is 0.325 e. The first-order valence-corrected chi connectivity index (χ1v) is 7.24. The van der Waals surface area contributed by atoms with Gasteiger partial charge in [-0.25, -0.2) is 0 Å². The Hall–Kier alpha value is -1.78. The van der Waals surface area contributed by atoms with E-state index in [0.29, 0.717) is 0 Å². The molecule has 1 aliphatic heterocycles. The van der Waals surface area contributed by atoms with Crippen molar-refractivity contribution in [3.05, 3.63) is 48.0 Å². The number of likely N-dealkylation sites (tertiary alicyclic amines) is 1. The Bertz CT molecular complexity index is 607. The Morgan fingerprint density at radius 1 is 0.895 bits per heavy atom. The monoisotopic (exact) mass is 250 g/mol. The summed E-state index contributed by atoms with van der Waals surface area (Å²) >= 11 is 0. The lowest BCUT2D eigenvalue weighted by Crippen LogP contribution is -3.12. The number of fused-ring (bicyclic) bond motifs is 1. The van der Waals surface area contributed by atoms with E-state index in [0.717, 1.165) is 12.1 Å². The molecule has 1 heterocycles. The molecule has 1 heteroatoms. The van der Waals surface area contributed by atoms with Crippen LogP contribution in [0.3, 0.4) is 0 Å². The van der Waals surface area contributed by atoms with E-state index in [1.54, 1.807) is 4.90 Å². The second-order valence-electron chi connectivity index (χ2n) is 5.32. The molecule has 0 aromatic heterocycles. The van der Waals surface area contributed by atoms with Crippen LogP contribution < -0.4 is 4.90 Å². The summed E-state index contributed by atoms with van der Waals surface area (Å²) in [6.45, 7) is 3.58. The summed E-state index contributed by atoms with van der Waals surface area (Å²) in [5, 5.41) is 2.55. The predicted octanol–water partition coefficient (Wildman–Crippen LogP) is 2.26. The zero-order chi connectivity index (χ0) is 12.9. The van der Waals surface area contributed by atoms with Crippen LogP contribution in [0.25, 0.3) is 10.8 Å². The van der Waals surface area contributed by atoms with Gasteiger partial charge in [-0.3, -0.25) is 0 Å². The summed E-state index contributed by atoms with van der Waals surface area (Å²) in [5.41, 5.74) is 1.16. The van der Waals surface area contributed by atoms with Crippen LogP contribution in [0.15, 0.2) is 42.5 Å². The molecule has 96 valence electrons. The SMILES string of the molecule is C(#Cc1cccc2ccccc12)C[NH+]1CCCCC1. The minimum absolute atomic E-state index is 0.989. The molecule has 0 aliphatic carbocycles. The minimum atomic E-state index is 0.989. The first-order chi connectivity index (χ1) is 9.43. The normalized spacial score (nSPS) is 16.0. The Balaban J connectivity index is 1.78. The number of hydrogen-bond donors (Lipinski definition) is 1. The fourth-order valence-corrected chi connectivity index (χ4v) is 2.83. The highest BCUT2D eigenvalue weighted by Gasteiger charge is 2.10. The average molecular weight is 250 g/mol. The lowest BCUT2D eigenvalue weighted by atomic mass is 10.1. The summed E-state index contributed by atoms with van der Waals surface area (Å²) in [6, 6.07) is 14.8. The van der Waals surface area contributed by atoms with Crippen molar-refractivity contribution in [1.82, 2.24) is 0 Å². The number of rotatable bonds is 1. The standard InChI is InChI=1S/C18H19N/c1-4-13-19(14-5-1)15-7-11-17-10-6-9-16-8-2-3-12-18(16)17/h2-3,6,8-10,12H,1,4-5,13-15H2/p+1. The molecule has 0 bridgehead atoms. The van der Waals surface area contributed by atoms with Gasteiger partial charge in [-0.15, -0.1) is 0 Å². The van der Waals surface area contributed by atoms with Crippen molar-refractivity contribution in [2.45, 2.75) is 19.3 Å². The summed E-state index contributed by atoms with van der Waals surface area (Å²) in [4.78, 5) is 1.65. The van der Waals surface area contributed by atoms with Gasteiger partial charge in [0, 0.05) is 5.56 Å². The highest BCUT2D eigenvalue weighted by Crippen LogP contribution is 2.17. The van der Waals surface area contributed by atoms with Crippen LogP contribution >= 0.6 is 0 Å². The van der Waals surface area contributed by atoms with E-state index >= 15 is 0 Å². The van der Waals surface area contributed by atoms with Crippen molar-refractivity contribution < 1.29 is 4.90 Å². The molecule has 19 heavy (non-hydrogen) atoms. The number of benzene rings is 2. The lowest BCUT2D eigenvalue weighted by molar-refractivity contribution is -0.897. The Labute approximate surface area is 115 Å². The van der Waals surface area contributed by atoms with Crippen molar-refractivity contribution >= 4 is 10.8 Å². The van der Waals surface area contributed by atoms with E-state index in [-0.39, 0.29) is 0 Å². The molecule has 1 saturated heterocycles. The van der Waals surface area contributed by atoms with Gasteiger partial charge in [0.1, 0.15) is 6.54 Å². The van der Waals surface area contributed by atoms with Gasteiger partial charge in [-0.2, -0.15) is 0 Å². The first-order valence-electron chi connectivity index (χ1n) is 7.24. The molecule has 0 radical (unpaired) electrons. The van der Waals surface area contributed by atoms with Crippen LogP contribution in [-0.2, 0) is 0 Å². The molecule has 1 fully saturated rings. The smallest absolute Gasteiger partial charge is 0.139 e. The number of piperidine rings is 1. The number of hydrogen-bond acceptors (Lipinski definition) is 0. The van der Waals surface area contributed by atoms with E-state index in [1.165, 1.54) is 43.1 Å². The summed E-state index contributed by atoms with van der Waals surface area (Å²) in [6.07, 6.45) is 4.14. The predicted molar refractivity (Wildman–Crippen MR) is 80.2 cm³/mol. The topological polar surface area (TPSA) is 4.44 Å². The van der Waals surface area contributed by atoms with Gasteiger partial charge in [0.25, 0.3) is 0 Å². The molecule has 1 N–H and O–H groups in total. The molecule has 3 rings (SSSR count). The van der Waals surface area contributed by atoms with Crippen molar-refractivity contribution in [1.29, 1.82) is 0 Å².